The molecule has 0 heterocycles. The SMILES string of the molecule is CC1(C(=O)O)C=CC=C(C(=O)Oc2ccc([N+](=O)[O-])cc2)C1. The molecule has 0 radical (unpaired) electrons. The molecule has 0 aromatic heterocycles. The van der Waals surface area contributed by atoms with Gasteiger partial charge < -0.3 is 9.84 Å². The Balaban J connectivity index is 2.09. The van der Waals surface area contributed by atoms with Gasteiger partial charge in [0, 0.05) is 17.7 Å². The van der Waals surface area contributed by atoms with Gasteiger partial charge in [0.25, 0.3) is 5.69 Å². The van der Waals surface area contributed by atoms with Gasteiger partial charge in [-0.25, -0.2) is 4.79 Å². The minimum absolute atomic E-state index is 0.0185. The second-order valence-corrected chi connectivity index (χ2v) is 5.09. The smallest absolute Gasteiger partial charge is 0.339 e. The Morgan fingerprint density at radius 1 is 1.32 bits per heavy atom. The molecule has 1 aliphatic carbocycles. The maximum atomic E-state index is 12.0. The first kappa shape index (κ1) is 15.4. The van der Waals surface area contributed by atoms with Crippen molar-refractivity contribution in [2.45, 2.75) is 13.3 Å². The highest BCUT2D eigenvalue weighted by atomic mass is 16.6. The van der Waals surface area contributed by atoms with Gasteiger partial charge in [0.1, 0.15) is 5.75 Å². The van der Waals surface area contributed by atoms with Crippen LogP contribution in [0.25, 0.3) is 0 Å². The van der Waals surface area contributed by atoms with Crippen LogP contribution in [0.2, 0.25) is 0 Å². The third-order valence-corrected chi connectivity index (χ3v) is 3.33. The van der Waals surface area contributed by atoms with Crippen molar-refractivity contribution in [3.05, 3.63) is 58.2 Å². The Morgan fingerprint density at radius 3 is 2.50 bits per heavy atom. The number of hydrogen-bond donors (Lipinski definition) is 1. The molecule has 1 N–H and O–H groups in total. The molecule has 0 aliphatic heterocycles. The zero-order chi connectivity index (χ0) is 16.3. The Morgan fingerprint density at radius 2 is 1.95 bits per heavy atom. The number of carbonyl (C=O) groups is 2. The van der Waals surface area contributed by atoms with Crippen molar-refractivity contribution in [3.63, 3.8) is 0 Å². The number of rotatable bonds is 4. The largest absolute Gasteiger partial charge is 0.481 e. The van der Waals surface area contributed by atoms with Crippen LogP contribution in [-0.4, -0.2) is 22.0 Å². The monoisotopic (exact) mass is 303 g/mol. The summed E-state index contributed by atoms with van der Waals surface area (Å²) in [6.45, 7) is 1.51. The average molecular weight is 303 g/mol. The molecule has 1 atom stereocenters. The number of non-ortho nitro benzene ring substituents is 1. The van der Waals surface area contributed by atoms with Crippen molar-refractivity contribution in [2.75, 3.05) is 0 Å². The first-order chi connectivity index (χ1) is 10.3. The van der Waals surface area contributed by atoms with Gasteiger partial charge in [0.15, 0.2) is 0 Å². The van der Waals surface area contributed by atoms with Crippen molar-refractivity contribution in [3.8, 4) is 5.75 Å². The van der Waals surface area contributed by atoms with Gasteiger partial charge in [-0.3, -0.25) is 14.9 Å². The zero-order valence-corrected chi connectivity index (χ0v) is 11.7. The van der Waals surface area contributed by atoms with Crippen LogP contribution in [0, 0.1) is 15.5 Å². The van der Waals surface area contributed by atoms with Crippen molar-refractivity contribution in [1.29, 1.82) is 0 Å². The quantitative estimate of drug-likeness (QED) is 0.396. The summed E-state index contributed by atoms with van der Waals surface area (Å²) in [4.78, 5) is 33.2. The summed E-state index contributed by atoms with van der Waals surface area (Å²) in [5.74, 6) is -1.55. The molecule has 1 aromatic carbocycles. The van der Waals surface area contributed by atoms with Gasteiger partial charge >= 0.3 is 11.9 Å². The van der Waals surface area contributed by atoms with Crippen molar-refractivity contribution in [2.24, 2.45) is 5.41 Å². The minimum atomic E-state index is -1.15. The number of esters is 1. The highest BCUT2D eigenvalue weighted by Crippen LogP contribution is 2.32. The van der Waals surface area contributed by atoms with Crippen molar-refractivity contribution in [1.82, 2.24) is 0 Å². The zero-order valence-electron chi connectivity index (χ0n) is 11.7. The standard InChI is InChI=1S/C15H13NO6/c1-15(14(18)19)8-2-3-10(9-15)13(17)22-12-6-4-11(5-7-12)16(20)21/h2-8H,9H2,1H3,(H,18,19). The maximum Gasteiger partial charge on any atom is 0.339 e. The number of nitro benzene ring substituents is 1. The number of allylic oxidation sites excluding steroid dienone is 2. The minimum Gasteiger partial charge on any atom is -0.481 e. The number of carbonyl (C=O) groups excluding carboxylic acids is 1. The number of benzene rings is 1. The number of hydrogen-bond acceptors (Lipinski definition) is 5. The van der Waals surface area contributed by atoms with Crippen LogP contribution in [0.1, 0.15) is 13.3 Å². The number of ether oxygens (including phenoxy) is 1. The van der Waals surface area contributed by atoms with E-state index in [9.17, 15) is 24.8 Å². The van der Waals surface area contributed by atoms with Gasteiger partial charge in [0.05, 0.1) is 10.3 Å². The Bertz CT molecular complexity index is 688. The van der Waals surface area contributed by atoms with Crippen LogP contribution in [0.3, 0.4) is 0 Å². The summed E-state index contributed by atoms with van der Waals surface area (Å²) in [5.41, 5.74) is -1.04. The van der Waals surface area contributed by atoms with E-state index in [0.717, 1.165) is 0 Å². The third-order valence-electron chi connectivity index (χ3n) is 3.33. The summed E-state index contributed by atoms with van der Waals surface area (Å²) < 4.78 is 5.11. The summed E-state index contributed by atoms with van der Waals surface area (Å²) in [7, 11) is 0. The molecule has 1 unspecified atom stereocenters. The number of aliphatic carboxylic acids is 1. The van der Waals surface area contributed by atoms with Gasteiger partial charge in [0.2, 0.25) is 0 Å². The van der Waals surface area contributed by atoms with Gasteiger partial charge in [-0.15, -0.1) is 0 Å². The van der Waals surface area contributed by atoms with E-state index in [4.69, 9.17) is 4.74 Å². The lowest BCUT2D eigenvalue weighted by Crippen LogP contribution is -2.29. The van der Waals surface area contributed by atoms with Gasteiger partial charge in [-0.05, 0) is 25.5 Å². The van der Waals surface area contributed by atoms with Gasteiger partial charge in [-0.2, -0.15) is 0 Å². The Hall–Kier alpha value is -2.96. The van der Waals surface area contributed by atoms with E-state index in [-0.39, 0.29) is 23.4 Å². The van der Waals surface area contributed by atoms with Crippen LogP contribution in [0.15, 0.2) is 48.1 Å². The number of nitro groups is 1. The van der Waals surface area contributed by atoms with Crippen molar-refractivity contribution < 1.29 is 24.4 Å². The molecule has 0 saturated carbocycles. The average Bonchev–Trinajstić information content (AvgIpc) is 2.47. The molecule has 2 rings (SSSR count). The fraction of sp³-hybridized carbons (Fsp3) is 0.200. The predicted molar refractivity (Wildman–Crippen MR) is 76.3 cm³/mol. The lowest BCUT2D eigenvalue weighted by molar-refractivity contribution is -0.384. The fourth-order valence-electron chi connectivity index (χ4n) is 1.99. The van der Waals surface area contributed by atoms with E-state index in [1.807, 2.05) is 0 Å². The van der Waals surface area contributed by atoms with E-state index in [2.05, 4.69) is 0 Å². The van der Waals surface area contributed by atoms with Gasteiger partial charge in [-0.1, -0.05) is 18.2 Å². The molecule has 7 heteroatoms. The van der Waals surface area contributed by atoms with E-state index >= 15 is 0 Å². The molecule has 22 heavy (non-hydrogen) atoms. The highest BCUT2D eigenvalue weighted by Gasteiger charge is 2.35. The first-order valence-corrected chi connectivity index (χ1v) is 6.40. The topological polar surface area (TPSA) is 107 Å². The van der Waals surface area contributed by atoms with Crippen molar-refractivity contribution >= 4 is 17.6 Å². The summed E-state index contributed by atoms with van der Waals surface area (Å²) in [6, 6.07) is 5.07. The summed E-state index contributed by atoms with van der Waals surface area (Å²) in [6.07, 6.45) is 4.53. The molecular weight excluding hydrogens is 290 g/mol. The molecule has 7 nitrogen and oxygen atoms in total. The number of carboxylic acid groups (broad SMARTS) is 1. The van der Waals surface area contributed by atoms with E-state index in [0.29, 0.717) is 0 Å². The van der Waals surface area contributed by atoms with Crippen LogP contribution >= 0.6 is 0 Å². The maximum absolute atomic E-state index is 12.0. The molecule has 0 saturated heterocycles. The molecule has 114 valence electrons. The second-order valence-electron chi connectivity index (χ2n) is 5.09. The second kappa shape index (κ2) is 5.80. The Labute approximate surface area is 125 Å². The molecule has 0 bridgehead atoms. The summed E-state index contributed by atoms with van der Waals surface area (Å²) in [5, 5.41) is 19.7. The van der Waals surface area contributed by atoms with E-state index in [1.165, 1.54) is 49.4 Å². The molecule has 0 spiro atoms. The van der Waals surface area contributed by atoms with Crippen LogP contribution < -0.4 is 4.74 Å². The lowest BCUT2D eigenvalue weighted by Gasteiger charge is -2.24. The molecule has 0 amide bonds. The molecule has 1 aromatic rings. The van der Waals surface area contributed by atoms with Crippen LogP contribution in [0.4, 0.5) is 5.69 Å². The third kappa shape index (κ3) is 3.20. The highest BCUT2D eigenvalue weighted by molar-refractivity contribution is 5.93. The van der Waals surface area contributed by atoms with E-state index in [1.54, 1.807) is 0 Å². The molecular formula is C15H13NO6. The fourth-order valence-corrected chi connectivity index (χ4v) is 1.99. The molecule has 0 fully saturated rings. The first-order valence-electron chi connectivity index (χ1n) is 6.40. The summed E-state index contributed by atoms with van der Waals surface area (Å²) >= 11 is 0. The Kier molecular flexibility index (Phi) is 4.07. The molecule has 1 aliphatic rings. The van der Waals surface area contributed by atoms with Crippen LogP contribution in [-0.2, 0) is 9.59 Å². The normalized spacial score (nSPS) is 20.1. The predicted octanol–water partition coefficient (Wildman–Crippen LogP) is 2.48. The van der Waals surface area contributed by atoms with E-state index < -0.39 is 22.3 Å². The lowest BCUT2D eigenvalue weighted by atomic mass is 9.80. The number of carboxylic acids is 1. The number of nitrogens with zero attached hydrogens (tertiary/aromatic N) is 1. The van der Waals surface area contributed by atoms with Crippen LogP contribution in [0.5, 0.6) is 5.75 Å².